The fourth-order valence-electron chi connectivity index (χ4n) is 3.68. The zero-order valence-corrected chi connectivity index (χ0v) is 15.1. The van der Waals surface area contributed by atoms with Crippen molar-refractivity contribution < 1.29 is 13.2 Å². The number of aryl methyl sites for hydroxylation is 1. The molecule has 2 aliphatic rings. The van der Waals surface area contributed by atoms with Crippen molar-refractivity contribution in [3.63, 3.8) is 0 Å². The van der Waals surface area contributed by atoms with Gasteiger partial charge < -0.3 is 20.2 Å². The summed E-state index contributed by atoms with van der Waals surface area (Å²) in [5.41, 5.74) is 6.46. The minimum absolute atomic E-state index is 0.563. The third-order valence-corrected chi connectivity index (χ3v) is 4.92. The molecule has 0 fully saturated rings. The van der Waals surface area contributed by atoms with E-state index in [4.69, 9.17) is 0 Å². The van der Waals surface area contributed by atoms with Crippen LogP contribution in [0.5, 0.6) is 0 Å². The lowest BCUT2D eigenvalue weighted by atomic mass is 10.1. The van der Waals surface area contributed by atoms with Gasteiger partial charge in [-0.05, 0) is 24.5 Å². The molecule has 8 heteroatoms. The van der Waals surface area contributed by atoms with Crippen LogP contribution in [0.25, 0.3) is 10.9 Å². The molecule has 3 heterocycles. The van der Waals surface area contributed by atoms with E-state index < -0.39 is 12.7 Å². The van der Waals surface area contributed by atoms with Crippen molar-refractivity contribution >= 4 is 10.9 Å². The fourth-order valence-corrected chi connectivity index (χ4v) is 3.68. The molecular formula is C19H22F3N5. The third kappa shape index (κ3) is 3.70. The average molecular weight is 377 g/mol. The summed E-state index contributed by atoms with van der Waals surface area (Å²) in [6, 6.07) is 8.19. The molecule has 0 bridgehead atoms. The van der Waals surface area contributed by atoms with Crippen LogP contribution in [0, 0.1) is 0 Å². The summed E-state index contributed by atoms with van der Waals surface area (Å²) in [6.07, 6.45) is 3.07. The third-order valence-electron chi connectivity index (χ3n) is 4.92. The normalized spacial score (nSPS) is 17.1. The maximum atomic E-state index is 12.8. The van der Waals surface area contributed by atoms with E-state index in [1.54, 1.807) is 6.20 Å². The summed E-state index contributed by atoms with van der Waals surface area (Å²) in [7, 11) is 1.89. The maximum absolute atomic E-state index is 12.8. The largest absolute Gasteiger partial charge is 0.407 e. The van der Waals surface area contributed by atoms with Gasteiger partial charge in [-0.25, -0.2) is 0 Å². The predicted molar refractivity (Wildman–Crippen MR) is 98.0 cm³/mol. The number of likely N-dealkylation sites (N-methyl/N-ethyl adjacent to an activating group) is 1. The maximum Gasteiger partial charge on any atom is 0.407 e. The summed E-state index contributed by atoms with van der Waals surface area (Å²) in [4.78, 5) is 7.31. The topological polar surface area (TPSA) is 37.5 Å². The van der Waals surface area contributed by atoms with Gasteiger partial charge in [-0.3, -0.25) is 5.01 Å². The molecule has 4 rings (SSSR count). The smallest absolute Gasteiger partial charge is 0.361 e. The molecule has 144 valence electrons. The van der Waals surface area contributed by atoms with Crippen LogP contribution in [0.1, 0.15) is 12.0 Å². The van der Waals surface area contributed by atoms with Crippen molar-refractivity contribution in [1.82, 2.24) is 25.2 Å². The SMILES string of the molecule is CN1CN(CCCc2c[nH]c3ccccc23)C=C2C1=CNN2CC(F)(F)F. The van der Waals surface area contributed by atoms with Gasteiger partial charge in [0, 0.05) is 43.1 Å². The van der Waals surface area contributed by atoms with Gasteiger partial charge in [0.1, 0.15) is 6.54 Å². The molecule has 0 amide bonds. The number of aromatic amines is 1. The minimum atomic E-state index is -4.26. The second-order valence-corrected chi connectivity index (χ2v) is 6.99. The van der Waals surface area contributed by atoms with Crippen molar-refractivity contribution in [2.45, 2.75) is 19.0 Å². The lowest BCUT2D eigenvalue weighted by Gasteiger charge is -2.36. The van der Waals surface area contributed by atoms with Gasteiger partial charge in [0.15, 0.2) is 0 Å². The highest BCUT2D eigenvalue weighted by Crippen LogP contribution is 2.29. The Balaban J connectivity index is 1.41. The summed E-state index contributed by atoms with van der Waals surface area (Å²) in [5, 5.41) is 2.38. The number of nitrogens with zero attached hydrogens (tertiary/aromatic N) is 3. The Hall–Kier alpha value is -2.77. The number of alkyl halides is 3. The van der Waals surface area contributed by atoms with Crippen molar-refractivity contribution in [1.29, 1.82) is 0 Å². The van der Waals surface area contributed by atoms with Crippen LogP contribution in [0.2, 0.25) is 0 Å². The van der Waals surface area contributed by atoms with Crippen LogP contribution < -0.4 is 5.43 Å². The van der Waals surface area contributed by atoms with Gasteiger partial charge in [-0.2, -0.15) is 13.2 Å². The fraction of sp³-hybridized carbons (Fsp3) is 0.368. The number of hydrogen-bond acceptors (Lipinski definition) is 4. The summed E-state index contributed by atoms with van der Waals surface area (Å²) in [5.74, 6) is 0. The zero-order valence-electron chi connectivity index (χ0n) is 15.1. The Morgan fingerprint density at radius 3 is 2.78 bits per heavy atom. The molecule has 0 saturated heterocycles. The minimum Gasteiger partial charge on any atom is -0.361 e. The first-order valence-corrected chi connectivity index (χ1v) is 8.94. The summed E-state index contributed by atoms with van der Waals surface area (Å²) < 4.78 is 38.4. The van der Waals surface area contributed by atoms with Crippen molar-refractivity contribution in [2.75, 3.05) is 26.8 Å². The number of para-hydroxylation sites is 1. The lowest BCUT2D eigenvalue weighted by molar-refractivity contribution is -0.145. The molecule has 0 spiro atoms. The van der Waals surface area contributed by atoms with E-state index in [-0.39, 0.29) is 0 Å². The molecule has 1 aromatic carbocycles. The number of H-pyrrole nitrogens is 1. The molecule has 27 heavy (non-hydrogen) atoms. The molecular weight excluding hydrogens is 355 g/mol. The number of rotatable bonds is 5. The number of aromatic nitrogens is 1. The van der Waals surface area contributed by atoms with E-state index in [1.807, 2.05) is 36.5 Å². The van der Waals surface area contributed by atoms with Crippen molar-refractivity contribution in [2.24, 2.45) is 0 Å². The van der Waals surface area contributed by atoms with Crippen LogP contribution in [0.3, 0.4) is 0 Å². The number of hydrogen-bond donors (Lipinski definition) is 2. The monoisotopic (exact) mass is 377 g/mol. The number of halogens is 3. The molecule has 2 aliphatic heterocycles. The van der Waals surface area contributed by atoms with E-state index in [2.05, 4.69) is 27.4 Å². The molecule has 2 N–H and O–H groups in total. The van der Waals surface area contributed by atoms with E-state index in [9.17, 15) is 13.2 Å². The number of hydrazine groups is 1. The molecule has 0 saturated carbocycles. The van der Waals surface area contributed by atoms with Crippen molar-refractivity contribution in [3.8, 4) is 0 Å². The Bertz CT molecular complexity index is 883. The molecule has 0 aliphatic carbocycles. The number of nitrogens with one attached hydrogen (secondary N) is 2. The van der Waals surface area contributed by atoms with E-state index in [0.29, 0.717) is 12.4 Å². The van der Waals surface area contributed by atoms with E-state index in [1.165, 1.54) is 10.9 Å². The highest BCUT2D eigenvalue weighted by molar-refractivity contribution is 5.82. The zero-order chi connectivity index (χ0) is 19.0. The van der Waals surface area contributed by atoms with Crippen LogP contribution >= 0.6 is 0 Å². The molecule has 5 nitrogen and oxygen atoms in total. The highest BCUT2D eigenvalue weighted by Gasteiger charge is 2.36. The lowest BCUT2D eigenvalue weighted by Crippen LogP contribution is -2.42. The Morgan fingerprint density at radius 1 is 1.15 bits per heavy atom. The second-order valence-electron chi connectivity index (χ2n) is 6.99. The molecule has 0 atom stereocenters. The van der Waals surface area contributed by atoms with Gasteiger partial charge in [-0.15, -0.1) is 0 Å². The van der Waals surface area contributed by atoms with E-state index >= 15 is 0 Å². The Morgan fingerprint density at radius 2 is 1.96 bits per heavy atom. The predicted octanol–water partition coefficient (Wildman–Crippen LogP) is 3.37. The van der Waals surface area contributed by atoms with Gasteiger partial charge in [-0.1, -0.05) is 18.2 Å². The quantitative estimate of drug-likeness (QED) is 0.838. The Kier molecular flexibility index (Phi) is 4.41. The summed E-state index contributed by atoms with van der Waals surface area (Å²) in [6.45, 7) is 0.418. The van der Waals surface area contributed by atoms with Gasteiger partial charge >= 0.3 is 6.18 Å². The first-order valence-electron chi connectivity index (χ1n) is 8.94. The van der Waals surface area contributed by atoms with Crippen LogP contribution in [0.15, 0.2) is 54.3 Å². The van der Waals surface area contributed by atoms with Gasteiger partial charge in [0.25, 0.3) is 0 Å². The Labute approximate surface area is 155 Å². The number of benzene rings is 1. The standard InChI is InChI=1S/C19H22F3N5/c1-25-13-26(11-18-17(25)10-24-27(18)12-19(20,21)22)8-4-5-14-9-23-16-7-3-2-6-15(14)16/h2-3,6-7,9-11,23-24H,4-5,8,12-13H2,1H3. The molecule has 1 aromatic heterocycles. The molecule has 2 aromatic rings. The van der Waals surface area contributed by atoms with Crippen molar-refractivity contribution in [3.05, 3.63) is 59.8 Å². The highest BCUT2D eigenvalue weighted by atomic mass is 19.4. The van der Waals surface area contributed by atoms with Gasteiger partial charge in [0.2, 0.25) is 0 Å². The van der Waals surface area contributed by atoms with Crippen LogP contribution in [-0.2, 0) is 6.42 Å². The summed E-state index contributed by atoms with van der Waals surface area (Å²) >= 11 is 0. The first-order chi connectivity index (χ1) is 12.9. The van der Waals surface area contributed by atoms with Crippen LogP contribution in [-0.4, -0.2) is 52.8 Å². The molecule has 0 unspecified atom stereocenters. The second kappa shape index (κ2) is 6.75. The molecule has 0 radical (unpaired) electrons. The van der Waals surface area contributed by atoms with Crippen LogP contribution in [0.4, 0.5) is 13.2 Å². The first kappa shape index (κ1) is 17.6. The number of fused-ring (bicyclic) bond motifs is 2. The average Bonchev–Trinajstić information content (AvgIpc) is 3.19. The van der Waals surface area contributed by atoms with Gasteiger partial charge in [0.05, 0.1) is 18.1 Å². The van der Waals surface area contributed by atoms with E-state index in [0.717, 1.165) is 35.6 Å².